The van der Waals surface area contributed by atoms with Crippen molar-refractivity contribution in [2.75, 3.05) is 30.3 Å². The number of fused-ring (bicyclic) bond motifs is 1. The van der Waals surface area contributed by atoms with Crippen molar-refractivity contribution < 1.29 is 19.3 Å². The number of thioether (sulfide) groups is 1. The lowest BCUT2D eigenvalue weighted by Crippen LogP contribution is -2.37. The molecule has 6 nitrogen and oxygen atoms in total. The summed E-state index contributed by atoms with van der Waals surface area (Å²) in [7, 11) is 0. The van der Waals surface area contributed by atoms with Crippen LogP contribution in [0.25, 0.3) is 0 Å². The number of hydrogen-bond acceptors (Lipinski definition) is 6. The first-order valence-corrected chi connectivity index (χ1v) is 10.1. The highest BCUT2D eigenvalue weighted by Crippen LogP contribution is 2.37. The second-order valence-electron chi connectivity index (χ2n) is 7.26. The summed E-state index contributed by atoms with van der Waals surface area (Å²) in [6.45, 7) is 8.76. The number of nitrogens with one attached hydrogen (secondary N) is 1. The molecule has 3 rings (SSSR count). The number of nitrogens with zero attached hydrogens (tertiary/aromatic N) is 2. The third kappa shape index (κ3) is 3.97. The van der Waals surface area contributed by atoms with Crippen LogP contribution in [0.4, 0.5) is 5.82 Å². The number of carbonyl (C=O) groups excluding carboxylic acids is 1. The molecule has 0 aliphatic carbocycles. The smallest absolute Gasteiger partial charge is 0.316 e. The number of esters is 1. The number of hydrogen-bond donors (Lipinski definition) is 0. The number of anilines is 1. The predicted molar refractivity (Wildman–Crippen MR) is 99.1 cm³/mol. The molecule has 3 heterocycles. The summed E-state index contributed by atoms with van der Waals surface area (Å²) in [4.78, 5) is 17.5. The monoisotopic (exact) mass is 376 g/mol. The Bertz CT molecular complexity index is 737. The number of aromatic amines is 1. The van der Waals surface area contributed by atoms with Crippen molar-refractivity contribution in [3.05, 3.63) is 16.7 Å². The maximum Gasteiger partial charge on any atom is 0.316 e. The molecule has 0 unspecified atom stereocenters. The number of carbonyl (C=O) groups is 1. The third-order valence-corrected chi connectivity index (χ3v) is 5.77. The fraction of sp³-hybridized carbons (Fsp3) is 0.632. The van der Waals surface area contributed by atoms with Crippen LogP contribution in [-0.2, 0) is 27.3 Å². The van der Waals surface area contributed by atoms with Crippen molar-refractivity contribution >= 4 is 23.5 Å². The molecule has 1 aromatic heterocycles. The fourth-order valence-corrected chi connectivity index (χ4v) is 4.37. The van der Waals surface area contributed by atoms with Gasteiger partial charge in [0, 0.05) is 6.42 Å². The lowest BCUT2D eigenvalue weighted by Gasteiger charge is -2.33. The van der Waals surface area contributed by atoms with Crippen LogP contribution in [0.3, 0.4) is 0 Å². The SMILES string of the molecule is CCOC(=O)CSc1[nH+]c(N2CCCC2)c2c(c1C#N)CC(C)(C)OC2. The molecular formula is C19H26N3O3S+. The highest BCUT2D eigenvalue weighted by Gasteiger charge is 2.36. The second kappa shape index (κ2) is 7.85. The van der Waals surface area contributed by atoms with E-state index in [9.17, 15) is 10.1 Å². The third-order valence-electron chi connectivity index (χ3n) is 4.79. The van der Waals surface area contributed by atoms with Gasteiger partial charge in [0.2, 0.25) is 0 Å². The van der Waals surface area contributed by atoms with Crippen LogP contribution in [0.2, 0.25) is 0 Å². The van der Waals surface area contributed by atoms with Gasteiger partial charge in [0.1, 0.15) is 11.6 Å². The number of rotatable bonds is 5. The molecule has 7 heteroatoms. The Balaban J connectivity index is 2.01. The molecule has 1 fully saturated rings. The highest BCUT2D eigenvalue weighted by atomic mass is 32.2. The van der Waals surface area contributed by atoms with Crippen LogP contribution in [0, 0.1) is 11.3 Å². The summed E-state index contributed by atoms with van der Waals surface area (Å²) < 4.78 is 11.1. The van der Waals surface area contributed by atoms with E-state index in [4.69, 9.17) is 9.47 Å². The Labute approximate surface area is 158 Å². The van der Waals surface area contributed by atoms with Gasteiger partial charge in [-0.3, -0.25) is 9.69 Å². The van der Waals surface area contributed by atoms with Gasteiger partial charge in [0.25, 0.3) is 5.82 Å². The van der Waals surface area contributed by atoms with Gasteiger partial charge in [-0.1, -0.05) is 11.8 Å². The van der Waals surface area contributed by atoms with Gasteiger partial charge in [0.15, 0.2) is 5.03 Å². The van der Waals surface area contributed by atoms with E-state index in [2.05, 4.69) is 29.8 Å². The molecule has 2 aliphatic heterocycles. The van der Waals surface area contributed by atoms with Gasteiger partial charge in [-0.15, -0.1) is 0 Å². The van der Waals surface area contributed by atoms with Crippen molar-refractivity contribution in [2.24, 2.45) is 0 Å². The van der Waals surface area contributed by atoms with Gasteiger partial charge in [-0.2, -0.15) is 5.26 Å². The van der Waals surface area contributed by atoms with Gasteiger partial charge in [-0.05, 0) is 39.2 Å². The number of pyridine rings is 1. The second-order valence-corrected chi connectivity index (χ2v) is 8.25. The molecule has 0 spiro atoms. The van der Waals surface area contributed by atoms with E-state index in [1.807, 2.05) is 0 Å². The van der Waals surface area contributed by atoms with E-state index in [0.29, 0.717) is 25.2 Å². The van der Waals surface area contributed by atoms with Crippen LogP contribution >= 0.6 is 11.8 Å². The maximum atomic E-state index is 11.8. The molecule has 0 saturated carbocycles. The van der Waals surface area contributed by atoms with Crippen molar-refractivity contribution in [2.45, 2.75) is 57.3 Å². The zero-order valence-corrected chi connectivity index (χ0v) is 16.5. The van der Waals surface area contributed by atoms with Crippen LogP contribution in [0.1, 0.15) is 50.3 Å². The molecule has 0 bridgehead atoms. The van der Waals surface area contributed by atoms with Gasteiger partial charge in [-0.25, -0.2) is 4.98 Å². The molecule has 1 aromatic rings. The zero-order valence-electron chi connectivity index (χ0n) is 15.7. The maximum absolute atomic E-state index is 11.8. The Morgan fingerprint density at radius 2 is 2.12 bits per heavy atom. The predicted octanol–water partition coefficient (Wildman–Crippen LogP) is 2.48. The molecule has 1 N–H and O–H groups in total. The van der Waals surface area contributed by atoms with Crippen LogP contribution in [-0.4, -0.2) is 37.0 Å². The Kier molecular flexibility index (Phi) is 5.73. The van der Waals surface area contributed by atoms with Crippen LogP contribution in [0.5, 0.6) is 0 Å². The molecule has 2 aliphatic rings. The summed E-state index contributed by atoms with van der Waals surface area (Å²) in [5, 5.41) is 10.6. The molecular weight excluding hydrogens is 350 g/mol. The van der Waals surface area contributed by atoms with E-state index in [1.165, 1.54) is 24.6 Å². The zero-order chi connectivity index (χ0) is 18.7. The van der Waals surface area contributed by atoms with Crippen molar-refractivity contribution in [1.82, 2.24) is 0 Å². The number of nitriles is 1. The molecule has 0 amide bonds. The number of aromatic nitrogens is 1. The summed E-state index contributed by atoms with van der Waals surface area (Å²) in [5.41, 5.74) is 2.47. The van der Waals surface area contributed by atoms with E-state index in [1.54, 1.807) is 6.92 Å². The molecule has 140 valence electrons. The molecule has 0 radical (unpaired) electrons. The largest absolute Gasteiger partial charge is 0.465 e. The van der Waals surface area contributed by atoms with Crippen LogP contribution < -0.4 is 9.88 Å². The summed E-state index contributed by atoms with van der Waals surface area (Å²) in [6.07, 6.45) is 3.02. The minimum Gasteiger partial charge on any atom is -0.465 e. The van der Waals surface area contributed by atoms with E-state index in [-0.39, 0.29) is 17.3 Å². The number of H-pyrrole nitrogens is 1. The highest BCUT2D eigenvalue weighted by molar-refractivity contribution is 7.99. The normalized spacial score (nSPS) is 18.3. The first-order chi connectivity index (χ1) is 12.4. The summed E-state index contributed by atoms with van der Waals surface area (Å²) in [6, 6.07) is 2.36. The van der Waals surface area contributed by atoms with Crippen molar-refractivity contribution in [3.8, 4) is 6.07 Å². The first kappa shape index (κ1) is 19.0. The van der Waals surface area contributed by atoms with Gasteiger partial charge < -0.3 is 9.47 Å². The van der Waals surface area contributed by atoms with Gasteiger partial charge >= 0.3 is 5.97 Å². The van der Waals surface area contributed by atoms with E-state index in [0.717, 1.165) is 35.1 Å². The van der Waals surface area contributed by atoms with Crippen molar-refractivity contribution in [1.29, 1.82) is 5.26 Å². The standard InChI is InChI=1S/C19H25N3O3S/c1-4-24-16(23)12-26-18-14(10-20)13-9-19(2,3)25-11-15(13)17(21-18)22-7-5-6-8-22/h4-9,11-12H2,1-3H3/p+1. The minimum absolute atomic E-state index is 0.192. The Morgan fingerprint density at radius 3 is 2.77 bits per heavy atom. The lowest BCUT2D eigenvalue weighted by molar-refractivity contribution is -0.414. The van der Waals surface area contributed by atoms with E-state index < -0.39 is 0 Å². The minimum atomic E-state index is -0.300. The average molecular weight is 377 g/mol. The molecule has 1 saturated heterocycles. The Hall–Kier alpha value is -1.78. The summed E-state index contributed by atoms with van der Waals surface area (Å²) in [5.74, 6) is 0.967. The Morgan fingerprint density at radius 1 is 1.38 bits per heavy atom. The van der Waals surface area contributed by atoms with Crippen molar-refractivity contribution in [3.63, 3.8) is 0 Å². The molecule has 0 aromatic carbocycles. The lowest BCUT2D eigenvalue weighted by atomic mass is 9.89. The average Bonchev–Trinajstić information content (AvgIpc) is 3.12. The number of ether oxygens (including phenoxy) is 2. The van der Waals surface area contributed by atoms with Crippen LogP contribution in [0.15, 0.2) is 5.03 Å². The van der Waals surface area contributed by atoms with Gasteiger partial charge in [0.05, 0.1) is 43.2 Å². The fourth-order valence-electron chi connectivity index (χ4n) is 3.54. The molecule has 0 atom stereocenters. The quantitative estimate of drug-likeness (QED) is 0.580. The first-order valence-electron chi connectivity index (χ1n) is 9.13. The van der Waals surface area contributed by atoms with E-state index >= 15 is 0 Å². The molecule has 26 heavy (non-hydrogen) atoms. The topological polar surface area (TPSA) is 76.7 Å². The summed E-state index contributed by atoms with van der Waals surface area (Å²) >= 11 is 1.35.